The van der Waals surface area contributed by atoms with Gasteiger partial charge in [-0.15, -0.1) is 0 Å². The number of carbonyl (C=O) groups is 2. The number of benzene rings is 1. The smallest absolute Gasteiger partial charge is 0.329 e. The van der Waals surface area contributed by atoms with Crippen LogP contribution in [0.5, 0.6) is 0 Å². The molecule has 1 aliphatic rings. The van der Waals surface area contributed by atoms with Crippen LogP contribution in [0.3, 0.4) is 0 Å². The summed E-state index contributed by atoms with van der Waals surface area (Å²) in [6, 6.07) is 3.88. The summed E-state index contributed by atoms with van der Waals surface area (Å²) in [6.45, 7) is 3.56. The summed E-state index contributed by atoms with van der Waals surface area (Å²) in [4.78, 5) is 25.1. The molecule has 0 aromatic heterocycles. The molecule has 1 unspecified atom stereocenters. The lowest BCUT2D eigenvalue weighted by Gasteiger charge is -2.41. The van der Waals surface area contributed by atoms with E-state index in [0.717, 1.165) is 12.8 Å². The molecule has 1 heterocycles. The molecule has 0 radical (unpaired) electrons. The van der Waals surface area contributed by atoms with Gasteiger partial charge in [0.15, 0.2) is 0 Å². The predicted molar refractivity (Wildman–Crippen MR) is 76.8 cm³/mol. The van der Waals surface area contributed by atoms with E-state index in [2.05, 4.69) is 5.32 Å². The van der Waals surface area contributed by atoms with Gasteiger partial charge in [0.05, 0.1) is 0 Å². The third kappa shape index (κ3) is 2.99. The number of likely N-dealkylation sites (tertiary alicyclic amines) is 1. The molecule has 1 aliphatic heterocycles. The Morgan fingerprint density at radius 3 is 2.71 bits per heavy atom. The molecule has 1 aromatic rings. The zero-order valence-electron chi connectivity index (χ0n) is 12.1. The Hall–Kier alpha value is -2.11. The van der Waals surface area contributed by atoms with Crippen molar-refractivity contribution in [3.05, 3.63) is 29.6 Å². The fourth-order valence-corrected chi connectivity index (χ4v) is 2.53. The Morgan fingerprint density at radius 1 is 1.38 bits per heavy atom. The van der Waals surface area contributed by atoms with Crippen LogP contribution < -0.4 is 5.32 Å². The first-order chi connectivity index (χ1) is 9.84. The largest absolute Gasteiger partial charge is 0.480 e. The summed E-state index contributed by atoms with van der Waals surface area (Å²) in [5.74, 6) is -1.43. The van der Waals surface area contributed by atoms with Crippen molar-refractivity contribution in [2.24, 2.45) is 0 Å². The molecule has 0 aliphatic carbocycles. The number of hydrogen-bond acceptors (Lipinski definition) is 2. The molecule has 2 amide bonds. The molecule has 1 atom stereocenters. The van der Waals surface area contributed by atoms with E-state index in [-0.39, 0.29) is 0 Å². The molecular formula is C15H19FN2O3. The Kier molecular flexibility index (Phi) is 4.16. The van der Waals surface area contributed by atoms with Gasteiger partial charge in [0.2, 0.25) is 0 Å². The van der Waals surface area contributed by atoms with Crippen LogP contribution in [0, 0.1) is 12.7 Å². The maximum Gasteiger partial charge on any atom is 0.329 e. The van der Waals surface area contributed by atoms with E-state index < -0.39 is 23.4 Å². The monoisotopic (exact) mass is 294 g/mol. The second-order valence-corrected chi connectivity index (χ2v) is 5.58. The number of urea groups is 1. The lowest BCUT2D eigenvalue weighted by atomic mass is 9.89. The lowest BCUT2D eigenvalue weighted by Crippen LogP contribution is -2.58. The summed E-state index contributed by atoms with van der Waals surface area (Å²) >= 11 is 0. The first-order valence-electron chi connectivity index (χ1n) is 6.93. The van der Waals surface area contributed by atoms with Crippen LogP contribution in [-0.4, -0.2) is 34.1 Å². The molecule has 0 bridgehead atoms. The minimum absolute atomic E-state index is 0.321. The minimum Gasteiger partial charge on any atom is -0.480 e. The van der Waals surface area contributed by atoms with Crippen molar-refractivity contribution in [2.75, 3.05) is 11.9 Å². The summed E-state index contributed by atoms with van der Waals surface area (Å²) in [5, 5.41) is 12.0. The molecule has 5 nitrogen and oxygen atoms in total. The third-order valence-electron chi connectivity index (χ3n) is 4.02. The number of amides is 2. The Balaban J connectivity index is 2.18. The van der Waals surface area contributed by atoms with E-state index in [1.54, 1.807) is 26.0 Å². The number of piperidine rings is 1. The van der Waals surface area contributed by atoms with Gasteiger partial charge in [0.25, 0.3) is 0 Å². The number of carboxylic acids is 1. The fraction of sp³-hybridized carbons (Fsp3) is 0.467. The summed E-state index contributed by atoms with van der Waals surface area (Å²) in [6.07, 6.45) is 1.95. The number of hydrogen-bond donors (Lipinski definition) is 2. The molecule has 0 spiro atoms. The van der Waals surface area contributed by atoms with Gasteiger partial charge < -0.3 is 15.3 Å². The number of nitrogens with zero attached hydrogens (tertiary/aromatic N) is 1. The number of rotatable bonds is 2. The maximum absolute atomic E-state index is 13.5. The first-order valence-corrected chi connectivity index (χ1v) is 6.93. The number of aryl methyl sites for hydroxylation is 1. The minimum atomic E-state index is -1.22. The molecule has 6 heteroatoms. The molecule has 1 fully saturated rings. The van der Waals surface area contributed by atoms with Crippen molar-refractivity contribution in [1.29, 1.82) is 0 Å². The van der Waals surface area contributed by atoms with Crippen molar-refractivity contribution >= 4 is 17.7 Å². The molecule has 114 valence electrons. The Morgan fingerprint density at radius 2 is 2.10 bits per heavy atom. The van der Waals surface area contributed by atoms with Gasteiger partial charge in [-0.05, 0) is 50.8 Å². The topological polar surface area (TPSA) is 69.6 Å². The second-order valence-electron chi connectivity index (χ2n) is 5.58. The van der Waals surface area contributed by atoms with Crippen LogP contribution in [0.2, 0.25) is 0 Å². The number of carboxylic acid groups (broad SMARTS) is 1. The van der Waals surface area contributed by atoms with Crippen LogP contribution in [0.1, 0.15) is 31.7 Å². The van der Waals surface area contributed by atoms with Crippen LogP contribution in [-0.2, 0) is 4.79 Å². The average molecular weight is 294 g/mol. The van der Waals surface area contributed by atoms with Crippen LogP contribution in [0.25, 0.3) is 0 Å². The highest BCUT2D eigenvalue weighted by molar-refractivity contribution is 5.94. The fourth-order valence-electron chi connectivity index (χ4n) is 2.53. The van der Waals surface area contributed by atoms with Crippen molar-refractivity contribution in [3.63, 3.8) is 0 Å². The molecule has 2 rings (SSSR count). The summed E-state index contributed by atoms with van der Waals surface area (Å²) < 4.78 is 13.5. The van der Waals surface area contributed by atoms with Gasteiger partial charge in [0, 0.05) is 12.2 Å². The summed E-state index contributed by atoms with van der Waals surface area (Å²) in [5.41, 5.74) is -0.409. The highest BCUT2D eigenvalue weighted by atomic mass is 19.1. The van der Waals surface area contributed by atoms with Crippen LogP contribution in [0.4, 0.5) is 14.9 Å². The lowest BCUT2D eigenvalue weighted by molar-refractivity contribution is -0.150. The number of aliphatic carboxylic acids is 1. The maximum atomic E-state index is 13.5. The van der Waals surface area contributed by atoms with Gasteiger partial charge in [-0.2, -0.15) is 0 Å². The van der Waals surface area contributed by atoms with Crippen molar-refractivity contribution in [1.82, 2.24) is 4.90 Å². The molecule has 2 N–H and O–H groups in total. The van der Waals surface area contributed by atoms with Crippen LogP contribution >= 0.6 is 0 Å². The van der Waals surface area contributed by atoms with Gasteiger partial charge in [-0.25, -0.2) is 14.0 Å². The van der Waals surface area contributed by atoms with E-state index in [9.17, 15) is 19.1 Å². The number of nitrogens with one attached hydrogen (secondary N) is 1. The molecular weight excluding hydrogens is 275 g/mol. The number of carbonyl (C=O) groups excluding carboxylic acids is 1. The van der Waals surface area contributed by atoms with Crippen LogP contribution in [0.15, 0.2) is 18.2 Å². The highest BCUT2D eigenvalue weighted by Gasteiger charge is 2.44. The van der Waals surface area contributed by atoms with E-state index in [4.69, 9.17) is 0 Å². The average Bonchev–Trinajstić information content (AvgIpc) is 2.43. The Labute approximate surface area is 122 Å². The van der Waals surface area contributed by atoms with Crippen molar-refractivity contribution < 1.29 is 19.1 Å². The standard InChI is InChI=1S/C15H19FN2O3/c1-10-5-6-11(9-12(10)16)17-14(21)18-8-4-3-7-15(18,2)13(19)20/h5-6,9H,3-4,7-8H2,1-2H3,(H,17,21)(H,19,20). The highest BCUT2D eigenvalue weighted by Crippen LogP contribution is 2.29. The normalized spacial score (nSPS) is 22.0. The second kappa shape index (κ2) is 5.71. The van der Waals surface area contributed by atoms with Gasteiger partial charge >= 0.3 is 12.0 Å². The van der Waals surface area contributed by atoms with E-state index in [1.807, 2.05) is 0 Å². The molecule has 1 aromatic carbocycles. The van der Waals surface area contributed by atoms with Gasteiger partial charge in [-0.3, -0.25) is 0 Å². The number of anilines is 1. The molecule has 0 saturated carbocycles. The SMILES string of the molecule is Cc1ccc(NC(=O)N2CCCCC2(C)C(=O)O)cc1F. The zero-order chi connectivity index (χ0) is 15.6. The van der Waals surface area contributed by atoms with E-state index in [0.29, 0.717) is 24.2 Å². The van der Waals surface area contributed by atoms with Gasteiger partial charge in [0.1, 0.15) is 11.4 Å². The first kappa shape index (κ1) is 15.3. The van der Waals surface area contributed by atoms with E-state index >= 15 is 0 Å². The van der Waals surface area contributed by atoms with Crippen molar-refractivity contribution in [2.45, 2.75) is 38.6 Å². The van der Waals surface area contributed by atoms with Crippen molar-refractivity contribution in [3.8, 4) is 0 Å². The summed E-state index contributed by atoms with van der Waals surface area (Å²) in [7, 11) is 0. The molecule has 21 heavy (non-hydrogen) atoms. The number of halogens is 1. The van der Waals surface area contributed by atoms with E-state index in [1.165, 1.54) is 11.0 Å². The quantitative estimate of drug-likeness (QED) is 0.881. The zero-order valence-corrected chi connectivity index (χ0v) is 12.1. The Bertz CT molecular complexity index is 576. The molecule has 1 saturated heterocycles. The predicted octanol–water partition coefficient (Wildman–Crippen LogP) is 3.00. The van der Waals surface area contributed by atoms with Gasteiger partial charge in [-0.1, -0.05) is 6.07 Å². The third-order valence-corrected chi connectivity index (χ3v) is 4.02.